The van der Waals surface area contributed by atoms with Gasteiger partial charge in [-0.1, -0.05) is 28.9 Å². The molecule has 1 saturated heterocycles. The Morgan fingerprint density at radius 2 is 2.06 bits per heavy atom. The highest BCUT2D eigenvalue weighted by Gasteiger charge is 2.47. The number of nitrogens with one attached hydrogen (secondary N) is 3. The molecule has 4 atom stereocenters. The van der Waals surface area contributed by atoms with E-state index in [1.165, 1.54) is 31.6 Å². The first-order chi connectivity index (χ1) is 17.3. The average Bonchev–Trinajstić information content (AvgIpc) is 3.36. The van der Waals surface area contributed by atoms with Crippen LogP contribution >= 0.6 is 11.6 Å². The zero-order chi connectivity index (χ0) is 25.4. The van der Waals surface area contributed by atoms with Crippen LogP contribution in [0, 0.1) is 17.7 Å². The number of halogens is 2. The largest absolute Gasteiger partial charge is 0.496 e. The van der Waals surface area contributed by atoms with E-state index in [2.05, 4.69) is 20.7 Å². The number of aromatic nitrogens is 1. The topological polar surface area (TPSA) is 123 Å². The van der Waals surface area contributed by atoms with Crippen LogP contribution in [-0.4, -0.2) is 31.8 Å². The molecule has 4 unspecified atom stereocenters. The lowest BCUT2D eigenvalue weighted by molar-refractivity contribution is -0.133. The fraction of sp³-hybridized carbons (Fsp3) is 0.333. The van der Waals surface area contributed by atoms with E-state index < -0.39 is 21.2 Å². The summed E-state index contributed by atoms with van der Waals surface area (Å²) in [7, 11) is -2.24. The van der Waals surface area contributed by atoms with Crippen molar-refractivity contribution in [3.63, 3.8) is 0 Å². The lowest BCUT2D eigenvalue weighted by Gasteiger charge is -2.43. The summed E-state index contributed by atoms with van der Waals surface area (Å²) >= 11 is 6.62. The molecule has 190 valence electrons. The van der Waals surface area contributed by atoms with Gasteiger partial charge in [0.1, 0.15) is 17.8 Å². The molecule has 12 heteroatoms. The number of sulfonamides is 1. The maximum absolute atomic E-state index is 13.8. The molecule has 0 radical (unpaired) electrons. The van der Waals surface area contributed by atoms with Crippen molar-refractivity contribution in [2.75, 3.05) is 11.8 Å². The Bertz CT molecular complexity index is 1390. The molecule has 3 aromatic rings. The molecular weight excluding hydrogens is 511 g/mol. The van der Waals surface area contributed by atoms with Gasteiger partial charge in [0.25, 0.3) is 0 Å². The van der Waals surface area contributed by atoms with Crippen LogP contribution in [0.5, 0.6) is 5.75 Å². The number of hydrogen-bond donors (Lipinski definition) is 3. The second-order valence-corrected chi connectivity index (χ2v) is 11.3. The molecule has 9 nitrogen and oxygen atoms in total. The van der Waals surface area contributed by atoms with E-state index in [1.54, 1.807) is 24.3 Å². The standard InChI is InChI=1S/C24H24ClFN4O5S/c1-34-21-12-17(13-3-2-4-14(26)9-13)20(25)11-19(21)23-16-6-5-15(10-18(16)24(31)28-27-23)36(32,33)30-22-7-8-35-29-22/h2-4,7-9,11-12,15-16,18,23,27H,5-6,10H2,1H3,(H,28,31)(H,29,30). The predicted octanol–water partition coefficient (Wildman–Crippen LogP) is 4.05. The van der Waals surface area contributed by atoms with Crippen LogP contribution < -0.4 is 20.3 Å². The van der Waals surface area contributed by atoms with E-state index >= 15 is 0 Å². The molecule has 0 bridgehead atoms. The minimum Gasteiger partial charge on any atom is -0.496 e. The maximum Gasteiger partial charge on any atom is 0.237 e. The number of hydrazine groups is 1. The number of ether oxygens (including phenoxy) is 1. The first-order valence-corrected chi connectivity index (χ1v) is 13.3. The van der Waals surface area contributed by atoms with E-state index in [-0.39, 0.29) is 35.9 Å². The number of anilines is 1. The van der Waals surface area contributed by atoms with Crippen molar-refractivity contribution in [3.05, 3.63) is 65.1 Å². The number of hydrogen-bond acceptors (Lipinski definition) is 7. The van der Waals surface area contributed by atoms with E-state index in [4.69, 9.17) is 20.9 Å². The van der Waals surface area contributed by atoms with Crippen LogP contribution in [0.4, 0.5) is 10.2 Å². The third-order valence-corrected chi connectivity index (χ3v) is 9.00. The molecule has 2 heterocycles. The van der Waals surface area contributed by atoms with Gasteiger partial charge in [0.2, 0.25) is 15.9 Å². The Labute approximate surface area is 212 Å². The van der Waals surface area contributed by atoms with Crippen LogP contribution in [0.1, 0.15) is 30.9 Å². The average molecular weight is 535 g/mol. The van der Waals surface area contributed by atoms with Gasteiger partial charge in [0.05, 0.1) is 18.4 Å². The van der Waals surface area contributed by atoms with Crippen molar-refractivity contribution >= 4 is 33.3 Å². The van der Waals surface area contributed by atoms with Crippen molar-refractivity contribution in [1.29, 1.82) is 0 Å². The third-order valence-electron chi connectivity index (χ3n) is 6.88. The van der Waals surface area contributed by atoms with Crippen molar-refractivity contribution in [3.8, 4) is 16.9 Å². The van der Waals surface area contributed by atoms with Gasteiger partial charge in [0.15, 0.2) is 5.82 Å². The van der Waals surface area contributed by atoms with Gasteiger partial charge in [-0.3, -0.25) is 14.9 Å². The van der Waals surface area contributed by atoms with Crippen LogP contribution in [-0.2, 0) is 14.8 Å². The van der Waals surface area contributed by atoms with Gasteiger partial charge in [-0.15, -0.1) is 0 Å². The molecular formula is C24H24ClFN4O5S. The molecule has 1 saturated carbocycles. The number of fused-ring (bicyclic) bond motifs is 1. The van der Waals surface area contributed by atoms with Crippen LogP contribution in [0.2, 0.25) is 5.02 Å². The van der Waals surface area contributed by atoms with E-state index in [9.17, 15) is 17.6 Å². The number of amides is 1. The van der Waals surface area contributed by atoms with Gasteiger partial charge in [0, 0.05) is 28.1 Å². The highest BCUT2D eigenvalue weighted by molar-refractivity contribution is 7.93. The van der Waals surface area contributed by atoms with Gasteiger partial charge in [-0.05, 0) is 55.0 Å². The number of rotatable bonds is 6. The van der Waals surface area contributed by atoms with E-state index in [0.717, 1.165) is 5.56 Å². The Kier molecular flexibility index (Phi) is 6.62. The van der Waals surface area contributed by atoms with Gasteiger partial charge in [-0.25, -0.2) is 18.2 Å². The molecule has 36 heavy (non-hydrogen) atoms. The number of carbonyl (C=O) groups is 1. The quantitative estimate of drug-likeness (QED) is 0.436. The molecule has 2 fully saturated rings. The molecule has 1 aliphatic heterocycles. The van der Waals surface area contributed by atoms with Crippen molar-refractivity contribution in [2.45, 2.75) is 30.6 Å². The Hall–Kier alpha value is -3.15. The molecule has 3 N–H and O–H groups in total. The highest BCUT2D eigenvalue weighted by atomic mass is 35.5. The summed E-state index contributed by atoms with van der Waals surface area (Å²) in [5.41, 5.74) is 7.70. The lowest BCUT2D eigenvalue weighted by Crippen LogP contribution is -2.57. The van der Waals surface area contributed by atoms with Gasteiger partial charge < -0.3 is 9.26 Å². The minimum absolute atomic E-state index is 0.0996. The first kappa shape index (κ1) is 24.5. The molecule has 1 aliphatic carbocycles. The summed E-state index contributed by atoms with van der Waals surface area (Å²) in [6.07, 6.45) is 2.26. The smallest absolute Gasteiger partial charge is 0.237 e. The van der Waals surface area contributed by atoms with Gasteiger partial charge in [-0.2, -0.15) is 0 Å². The van der Waals surface area contributed by atoms with Gasteiger partial charge >= 0.3 is 0 Å². The van der Waals surface area contributed by atoms with Crippen molar-refractivity contribution in [1.82, 2.24) is 16.0 Å². The maximum atomic E-state index is 13.8. The van der Waals surface area contributed by atoms with Crippen molar-refractivity contribution < 1.29 is 26.9 Å². The predicted molar refractivity (Wildman–Crippen MR) is 131 cm³/mol. The van der Waals surface area contributed by atoms with Crippen LogP contribution in [0.25, 0.3) is 11.1 Å². The summed E-state index contributed by atoms with van der Waals surface area (Å²) in [4.78, 5) is 12.8. The Balaban J connectivity index is 1.42. The third kappa shape index (κ3) is 4.65. The number of carbonyl (C=O) groups excluding carboxylic acids is 1. The fourth-order valence-corrected chi connectivity index (χ4v) is 6.91. The molecule has 1 amide bonds. The Morgan fingerprint density at radius 3 is 2.78 bits per heavy atom. The number of benzene rings is 2. The van der Waals surface area contributed by atoms with Crippen LogP contribution in [0.3, 0.4) is 0 Å². The number of nitrogens with zero attached hydrogens (tertiary/aromatic N) is 1. The SMILES string of the molecule is COc1cc(-c2cccc(F)c2)c(Cl)cc1C1NNC(=O)C2CC(S(=O)(=O)Nc3ccon3)CCC21. The van der Waals surface area contributed by atoms with Crippen molar-refractivity contribution in [2.24, 2.45) is 11.8 Å². The minimum atomic E-state index is -3.77. The van der Waals surface area contributed by atoms with E-state index in [1.807, 2.05) is 0 Å². The molecule has 1 aromatic heterocycles. The molecule has 2 aliphatic rings. The molecule has 2 aromatic carbocycles. The summed E-state index contributed by atoms with van der Waals surface area (Å²) < 4.78 is 52.4. The zero-order valence-corrected chi connectivity index (χ0v) is 20.8. The molecule has 5 rings (SSSR count). The second kappa shape index (κ2) is 9.72. The van der Waals surface area contributed by atoms with Crippen LogP contribution in [0.15, 0.2) is 53.3 Å². The second-order valence-electron chi connectivity index (χ2n) is 8.93. The van der Waals surface area contributed by atoms with E-state index in [0.29, 0.717) is 34.7 Å². The summed E-state index contributed by atoms with van der Waals surface area (Å²) in [5, 5.41) is 3.24. The zero-order valence-electron chi connectivity index (χ0n) is 19.2. The lowest BCUT2D eigenvalue weighted by atomic mass is 9.71. The Morgan fingerprint density at radius 1 is 1.22 bits per heavy atom. The highest BCUT2D eigenvalue weighted by Crippen LogP contribution is 2.46. The summed E-state index contributed by atoms with van der Waals surface area (Å²) in [6.45, 7) is 0. The molecule has 0 spiro atoms. The number of methoxy groups -OCH3 is 1. The summed E-state index contributed by atoms with van der Waals surface area (Å²) in [6, 6.07) is 10.7. The first-order valence-electron chi connectivity index (χ1n) is 11.4. The monoisotopic (exact) mass is 534 g/mol. The summed E-state index contributed by atoms with van der Waals surface area (Å²) in [5.74, 6) is -0.761. The normalized spacial score (nSPS) is 24.0. The fourth-order valence-electron chi connectivity index (χ4n) is 5.15.